The molecule has 1 unspecified atom stereocenters. The van der Waals surface area contributed by atoms with Crippen LogP contribution in [0.3, 0.4) is 0 Å². The minimum Gasteiger partial charge on any atom is -0.319 e. The Morgan fingerprint density at radius 3 is 2.57 bits per heavy atom. The number of nitrogens with one attached hydrogen (secondary N) is 1. The molecule has 1 aromatic rings. The highest BCUT2D eigenvalue weighted by Crippen LogP contribution is 2.18. The van der Waals surface area contributed by atoms with E-state index >= 15 is 0 Å². The van der Waals surface area contributed by atoms with Crippen LogP contribution in [0.1, 0.15) is 19.4 Å². The summed E-state index contributed by atoms with van der Waals surface area (Å²) in [5.41, 5.74) is 1.31. The number of carbonyl (C=O) groups excluding carboxylic acids is 1. The molecule has 1 aliphatic rings. The first-order valence-electron chi connectivity index (χ1n) is 7.27. The lowest BCUT2D eigenvalue weighted by atomic mass is 10.0. The number of piperazine rings is 1. The fourth-order valence-corrected chi connectivity index (χ4v) is 2.60. The third kappa shape index (κ3) is 3.73. The van der Waals surface area contributed by atoms with Gasteiger partial charge in [-0.2, -0.15) is 5.26 Å². The third-order valence-electron chi connectivity index (χ3n) is 3.92. The summed E-state index contributed by atoms with van der Waals surface area (Å²) in [7, 11) is 2.09. The first-order chi connectivity index (χ1) is 10.0. The SMILES string of the molecule is CC(C)C1CN(C)CCN1C(=O)Nc1ccc(C#N)cc1. The molecule has 5 nitrogen and oxygen atoms in total. The van der Waals surface area contributed by atoms with Crippen molar-refractivity contribution in [1.82, 2.24) is 9.80 Å². The molecule has 1 N–H and O–H groups in total. The van der Waals surface area contributed by atoms with Gasteiger partial charge in [-0.15, -0.1) is 0 Å². The van der Waals surface area contributed by atoms with Gasteiger partial charge in [0.05, 0.1) is 11.6 Å². The first kappa shape index (κ1) is 15.3. The molecule has 2 rings (SSSR count). The van der Waals surface area contributed by atoms with Crippen LogP contribution < -0.4 is 5.32 Å². The van der Waals surface area contributed by atoms with Crippen molar-refractivity contribution >= 4 is 11.7 Å². The van der Waals surface area contributed by atoms with Gasteiger partial charge in [0.1, 0.15) is 0 Å². The van der Waals surface area contributed by atoms with Gasteiger partial charge in [0.15, 0.2) is 0 Å². The van der Waals surface area contributed by atoms with Crippen molar-refractivity contribution < 1.29 is 4.79 Å². The van der Waals surface area contributed by atoms with E-state index in [4.69, 9.17) is 5.26 Å². The van der Waals surface area contributed by atoms with Crippen molar-refractivity contribution in [1.29, 1.82) is 5.26 Å². The van der Waals surface area contributed by atoms with Crippen LogP contribution in [0.25, 0.3) is 0 Å². The molecular formula is C16H22N4O. The topological polar surface area (TPSA) is 59.4 Å². The zero-order chi connectivity index (χ0) is 15.4. The molecule has 0 aliphatic carbocycles. The Kier molecular flexibility index (Phi) is 4.81. The molecule has 1 saturated heterocycles. The van der Waals surface area contributed by atoms with E-state index in [9.17, 15) is 4.79 Å². The first-order valence-corrected chi connectivity index (χ1v) is 7.27. The third-order valence-corrected chi connectivity index (χ3v) is 3.92. The summed E-state index contributed by atoms with van der Waals surface area (Å²) < 4.78 is 0. The molecule has 0 spiro atoms. The molecule has 21 heavy (non-hydrogen) atoms. The summed E-state index contributed by atoms with van der Waals surface area (Å²) in [4.78, 5) is 16.7. The summed E-state index contributed by atoms with van der Waals surface area (Å²) >= 11 is 0. The van der Waals surface area contributed by atoms with Crippen LogP contribution in [0.4, 0.5) is 10.5 Å². The second-order valence-corrected chi connectivity index (χ2v) is 5.89. The van der Waals surface area contributed by atoms with Gasteiger partial charge in [0.25, 0.3) is 0 Å². The molecule has 1 aromatic carbocycles. The lowest BCUT2D eigenvalue weighted by molar-refractivity contribution is 0.0922. The number of rotatable bonds is 2. The number of anilines is 1. The summed E-state index contributed by atoms with van der Waals surface area (Å²) in [6, 6.07) is 9.17. The van der Waals surface area contributed by atoms with Gasteiger partial charge in [-0.1, -0.05) is 13.8 Å². The number of amides is 2. The van der Waals surface area contributed by atoms with Crippen LogP contribution in [-0.4, -0.2) is 48.6 Å². The summed E-state index contributed by atoms with van der Waals surface area (Å²) in [5, 5.41) is 11.7. The van der Waals surface area contributed by atoms with Crippen LogP contribution in [0, 0.1) is 17.2 Å². The van der Waals surface area contributed by atoms with Gasteiger partial charge >= 0.3 is 6.03 Å². The van der Waals surface area contributed by atoms with E-state index in [2.05, 4.69) is 37.2 Å². The maximum Gasteiger partial charge on any atom is 0.322 e. The molecule has 0 aromatic heterocycles. The molecule has 1 heterocycles. The van der Waals surface area contributed by atoms with Gasteiger partial charge in [0.2, 0.25) is 0 Å². The van der Waals surface area contributed by atoms with Crippen LogP contribution in [0.2, 0.25) is 0 Å². The minimum absolute atomic E-state index is 0.0634. The minimum atomic E-state index is -0.0634. The Balaban J connectivity index is 2.05. The largest absolute Gasteiger partial charge is 0.322 e. The predicted molar refractivity (Wildman–Crippen MR) is 83.0 cm³/mol. The highest BCUT2D eigenvalue weighted by molar-refractivity contribution is 5.89. The predicted octanol–water partition coefficient (Wildman–Crippen LogP) is 2.36. The zero-order valence-electron chi connectivity index (χ0n) is 12.8. The van der Waals surface area contributed by atoms with Crippen LogP contribution in [-0.2, 0) is 0 Å². The Morgan fingerprint density at radius 2 is 2.00 bits per heavy atom. The quantitative estimate of drug-likeness (QED) is 0.908. The smallest absolute Gasteiger partial charge is 0.319 e. The van der Waals surface area contributed by atoms with Gasteiger partial charge in [-0.3, -0.25) is 0 Å². The number of hydrogen-bond donors (Lipinski definition) is 1. The number of urea groups is 1. The van der Waals surface area contributed by atoms with Gasteiger partial charge in [-0.25, -0.2) is 4.79 Å². The molecule has 112 valence electrons. The van der Waals surface area contributed by atoms with Crippen LogP contribution in [0.15, 0.2) is 24.3 Å². The lowest BCUT2D eigenvalue weighted by Gasteiger charge is -2.42. The normalized spacial score (nSPS) is 19.4. The van der Waals surface area contributed by atoms with E-state index < -0.39 is 0 Å². The standard InChI is InChI=1S/C16H22N4O/c1-12(2)15-11-19(3)8-9-20(15)16(21)18-14-6-4-13(10-17)5-7-14/h4-7,12,15H,8-9,11H2,1-3H3,(H,18,21). The average Bonchev–Trinajstić information content (AvgIpc) is 2.47. The average molecular weight is 286 g/mol. The van der Waals surface area contributed by atoms with Gasteiger partial charge in [0, 0.05) is 31.4 Å². The molecule has 2 amide bonds. The number of nitrogens with zero attached hydrogens (tertiary/aromatic N) is 3. The van der Waals surface area contributed by atoms with E-state index in [1.54, 1.807) is 24.3 Å². The number of carbonyl (C=O) groups is 1. The molecule has 1 atom stereocenters. The van der Waals surface area contributed by atoms with Gasteiger partial charge in [-0.05, 0) is 37.2 Å². The van der Waals surface area contributed by atoms with E-state index in [0.717, 1.165) is 25.3 Å². The fourth-order valence-electron chi connectivity index (χ4n) is 2.60. The molecule has 0 radical (unpaired) electrons. The van der Waals surface area contributed by atoms with Crippen LogP contribution >= 0.6 is 0 Å². The van der Waals surface area contributed by atoms with Crippen molar-refractivity contribution in [2.45, 2.75) is 19.9 Å². The van der Waals surface area contributed by atoms with E-state index in [-0.39, 0.29) is 12.1 Å². The number of benzene rings is 1. The molecule has 0 saturated carbocycles. The monoisotopic (exact) mass is 286 g/mol. The van der Waals surface area contributed by atoms with Crippen LogP contribution in [0.5, 0.6) is 0 Å². The Bertz CT molecular complexity index is 532. The fraction of sp³-hybridized carbons (Fsp3) is 0.500. The number of hydrogen-bond acceptors (Lipinski definition) is 3. The van der Waals surface area contributed by atoms with E-state index in [1.807, 2.05) is 4.90 Å². The molecule has 5 heteroatoms. The summed E-state index contributed by atoms with van der Waals surface area (Å²) in [6.45, 7) is 6.82. The second-order valence-electron chi connectivity index (χ2n) is 5.89. The molecular weight excluding hydrogens is 264 g/mol. The van der Waals surface area contributed by atoms with Crippen molar-refractivity contribution in [3.63, 3.8) is 0 Å². The maximum absolute atomic E-state index is 12.5. The van der Waals surface area contributed by atoms with Gasteiger partial charge < -0.3 is 15.1 Å². The molecule has 1 fully saturated rings. The molecule has 1 aliphatic heterocycles. The Labute approximate surface area is 126 Å². The summed E-state index contributed by atoms with van der Waals surface area (Å²) in [5.74, 6) is 0.416. The highest BCUT2D eigenvalue weighted by Gasteiger charge is 2.31. The van der Waals surface area contributed by atoms with E-state index in [1.165, 1.54) is 0 Å². The van der Waals surface area contributed by atoms with E-state index in [0.29, 0.717) is 11.5 Å². The maximum atomic E-state index is 12.5. The van der Waals surface area contributed by atoms with Crippen molar-refractivity contribution in [3.05, 3.63) is 29.8 Å². The second kappa shape index (κ2) is 6.59. The Hall–Kier alpha value is -2.06. The number of likely N-dealkylation sites (N-methyl/N-ethyl adjacent to an activating group) is 1. The van der Waals surface area contributed by atoms with Crippen molar-refractivity contribution in [2.75, 3.05) is 32.0 Å². The van der Waals surface area contributed by atoms with Crippen molar-refractivity contribution in [2.24, 2.45) is 5.92 Å². The number of nitriles is 1. The highest BCUT2D eigenvalue weighted by atomic mass is 16.2. The molecule has 0 bridgehead atoms. The zero-order valence-corrected chi connectivity index (χ0v) is 12.8. The summed E-state index contributed by atoms with van der Waals surface area (Å²) in [6.07, 6.45) is 0. The van der Waals surface area contributed by atoms with Crippen molar-refractivity contribution in [3.8, 4) is 6.07 Å². The lowest BCUT2D eigenvalue weighted by Crippen LogP contribution is -2.57. The Morgan fingerprint density at radius 1 is 1.33 bits per heavy atom.